The van der Waals surface area contributed by atoms with E-state index in [2.05, 4.69) is 15.3 Å². The first-order chi connectivity index (χ1) is 14.3. The minimum absolute atomic E-state index is 0.0312. The van der Waals surface area contributed by atoms with E-state index in [0.29, 0.717) is 35.4 Å². The fourth-order valence-electron chi connectivity index (χ4n) is 3.84. The van der Waals surface area contributed by atoms with Crippen molar-refractivity contribution < 1.29 is 18.0 Å². The highest BCUT2D eigenvalue weighted by atomic mass is 19.3. The zero-order valence-electron chi connectivity index (χ0n) is 16.8. The number of anilines is 2. The van der Waals surface area contributed by atoms with Crippen LogP contribution in [0.1, 0.15) is 48.3 Å². The zero-order chi connectivity index (χ0) is 21.6. The van der Waals surface area contributed by atoms with Crippen molar-refractivity contribution in [2.75, 3.05) is 17.3 Å². The second-order valence-electron chi connectivity index (χ2n) is 7.49. The van der Waals surface area contributed by atoms with E-state index in [1.807, 2.05) is 12.1 Å². The highest BCUT2D eigenvalue weighted by molar-refractivity contribution is 6.01. The van der Waals surface area contributed by atoms with E-state index < -0.39 is 23.8 Å². The van der Waals surface area contributed by atoms with E-state index in [0.717, 1.165) is 17.3 Å². The SMILES string of the molecule is Cc1nc(N[C@H](C)c2cccc(C(F)F)c2F)c2cc3c(cc2n1)CCC(=O)N3C. The van der Waals surface area contributed by atoms with Crippen LogP contribution in [0.25, 0.3) is 10.9 Å². The van der Waals surface area contributed by atoms with Crippen LogP contribution < -0.4 is 10.2 Å². The molecule has 0 spiro atoms. The summed E-state index contributed by atoms with van der Waals surface area (Å²) >= 11 is 0. The number of hydrogen-bond acceptors (Lipinski definition) is 4. The second kappa shape index (κ2) is 7.59. The Kier molecular flexibility index (Phi) is 5.09. The summed E-state index contributed by atoms with van der Waals surface area (Å²) in [5.74, 6) is 0.0919. The maximum atomic E-state index is 14.6. The lowest BCUT2D eigenvalue weighted by Crippen LogP contribution is -2.31. The van der Waals surface area contributed by atoms with E-state index in [1.54, 1.807) is 25.8 Å². The Labute approximate surface area is 171 Å². The van der Waals surface area contributed by atoms with Crippen LogP contribution >= 0.6 is 0 Å². The Balaban J connectivity index is 1.78. The molecule has 1 atom stereocenters. The standard InChI is InChI=1S/C22H21F3N4O/c1-11(14-5-4-6-15(20(14)23)21(24)25)26-22-16-10-18-13(7-8-19(30)29(18)3)9-17(16)27-12(2)28-22/h4-6,9-11,21H,7-8H2,1-3H3,(H,26,27,28)/t11-/m1/s1. The predicted molar refractivity (Wildman–Crippen MR) is 109 cm³/mol. The molecule has 8 heteroatoms. The largest absolute Gasteiger partial charge is 0.363 e. The van der Waals surface area contributed by atoms with Crippen molar-refractivity contribution in [3.8, 4) is 0 Å². The smallest absolute Gasteiger partial charge is 0.266 e. The lowest BCUT2D eigenvalue weighted by Gasteiger charge is -2.26. The van der Waals surface area contributed by atoms with E-state index in [-0.39, 0.29) is 11.5 Å². The number of aromatic nitrogens is 2. The van der Waals surface area contributed by atoms with Crippen LogP contribution in [0.2, 0.25) is 0 Å². The van der Waals surface area contributed by atoms with Crippen LogP contribution in [0, 0.1) is 12.7 Å². The second-order valence-corrected chi connectivity index (χ2v) is 7.49. The predicted octanol–water partition coefficient (Wildman–Crippen LogP) is 5.10. The number of carbonyl (C=O) groups excluding carboxylic acids is 1. The first-order valence-electron chi connectivity index (χ1n) is 9.67. The van der Waals surface area contributed by atoms with Crippen LogP contribution in [0.5, 0.6) is 0 Å². The van der Waals surface area contributed by atoms with Gasteiger partial charge in [0.25, 0.3) is 6.43 Å². The highest BCUT2D eigenvalue weighted by Gasteiger charge is 2.24. The number of alkyl halides is 2. The lowest BCUT2D eigenvalue weighted by molar-refractivity contribution is -0.118. The number of aryl methyl sites for hydroxylation is 2. The molecule has 1 amide bonds. The molecule has 1 N–H and O–H groups in total. The van der Waals surface area contributed by atoms with Crippen LogP contribution in [0.4, 0.5) is 24.7 Å². The van der Waals surface area contributed by atoms with Crippen LogP contribution in [-0.2, 0) is 11.2 Å². The molecular formula is C22H21F3N4O. The summed E-state index contributed by atoms with van der Waals surface area (Å²) in [6, 6.07) is 7.15. The summed E-state index contributed by atoms with van der Waals surface area (Å²) in [5, 5.41) is 3.82. The molecule has 0 saturated heterocycles. The monoisotopic (exact) mass is 414 g/mol. The summed E-state index contributed by atoms with van der Waals surface area (Å²) in [6.45, 7) is 3.44. The van der Waals surface area contributed by atoms with Gasteiger partial charge in [-0.15, -0.1) is 0 Å². The van der Waals surface area contributed by atoms with Gasteiger partial charge in [-0.05, 0) is 38.0 Å². The number of amides is 1. The fraction of sp³-hybridized carbons (Fsp3) is 0.318. The van der Waals surface area contributed by atoms with Gasteiger partial charge in [-0.1, -0.05) is 18.2 Å². The van der Waals surface area contributed by atoms with Crippen molar-refractivity contribution in [1.29, 1.82) is 0 Å². The topological polar surface area (TPSA) is 58.1 Å². The third-order valence-electron chi connectivity index (χ3n) is 5.46. The Morgan fingerprint density at radius 2 is 1.87 bits per heavy atom. The average molecular weight is 414 g/mol. The van der Waals surface area contributed by atoms with Crippen molar-refractivity contribution in [2.45, 2.75) is 39.2 Å². The number of hydrogen-bond donors (Lipinski definition) is 1. The number of carbonyl (C=O) groups is 1. The molecule has 0 aliphatic carbocycles. The van der Waals surface area contributed by atoms with Crippen LogP contribution in [0.15, 0.2) is 30.3 Å². The van der Waals surface area contributed by atoms with Gasteiger partial charge in [0.15, 0.2) is 0 Å². The Morgan fingerprint density at radius 1 is 1.13 bits per heavy atom. The molecule has 30 heavy (non-hydrogen) atoms. The Hall–Kier alpha value is -3.16. The maximum Gasteiger partial charge on any atom is 0.266 e. The zero-order valence-corrected chi connectivity index (χ0v) is 16.8. The molecule has 1 aliphatic heterocycles. The van der Waals surface area contributed by atoms with Crippen molar-refractivity contribution in [3.05, 3.63) is 58.7 Å². The summed E-state index contributed by atoms with van der Waals surface area (Å²) in [7, 11) is 1.72. The molecule has 0 saturated carbocycles. The molecule has 5 nitrogen and oxygen atoms in total. The minimum Gasteiger partial charge on any atom is -0.363 e. The molecule has 2 aromatic carbocycles. The molecule has 156 valence electrons. The third kappa shape index (κ3) is 3.46. The van der Waals surface area contributed by atoms with E-state index >= 15 is 0 Å². The van der Waals surface area contributed by atoms with Gasteiger partial charge in [0.1, 0.15) is 17.5 Å². The van der Waals surface area contributed by atoms with Gasteiger partial charge in [-0.3, -0.25) is 4.79 Å². The third-order valence-corrected chi connectivity index (χ3v) is 5.46. The summed E-state index contributed by atoms with van der Waals surface area (Å²) in [6.07, 6.45) is -1.80. The van der Waals surface area contributed by atoms with E-state index in [1.165, 1.54) is 12.1 Å². The molecule has 2 heterocycles. The molecule has 0 fully saturated rings. The summed E-state index contributed by atoms with van der Waals surface area (Å²) in [5.41, 5.74) is 2.02. The maximum absolute atomic E-state index is 14.6. The molecule has 0 bridgehead atoms. The number of nitrogens with one attached hydrogen (secondary N) is 1. The van der Waals surface area contributed by atoms with Gasteiger partial charge in [0.05, 0.1) is 17.1 Å². The normalized spacial score (nSPS) is 14.9. The molecule has 0 unspecified atom stereocenters. The Bertz CT molecular complexity index is 1150. The van der Waals surface area contributed by atoms with Crippen molar-refractivity contribution in [3.63, 3.8) is 0 Å². The first kappa shape index (κ1) is 20.1. The summed E-state index contributed by atoms with van der Waals surface area (Å²) < 4.78 is 40.7. The van der Waals surface area contributed by atoms with Crippen LogP contribution in [0.3, 0.4) is 0 Å². The van der Waals surface area contributed by atoms with Gasteiger partial charge in [-0.2, -0.15) is 0 Å². The fourth-order valence-corrected chi connectivity index (χ4v) is 3.84. The van der Waals surface area contributed by atoms with Gasteiger partial charge in [-0.25, -0.2) is 23.1 Å². The first-order valence-corrected chi connectivity index (χ1v) is 9.67. The molecule has 1 aromatic heterocycles. The van der Waals surface area contributed by atoms with E-state index in [9.17, 15) is 18.0 Å². The number of halogens is 3. The van der Waals surface area contributed by atoms with Gasteiger partial charge >= 0.3 is 0 Å². The molecule has 0 radical (unpaired) electrons. The summed E-state index contributed by atoms with van der Waals surface area (Å²) in [4.78, 5) is 22.6. The van der Waals surface area contributed by atoms with Crippen LogP contribution in [-0.4, -0.2) is 22.9 Å². The average Bonchev–Trinajstić information content (AvgIpc) is 2.69. The lowest BCUT2D eigenvalue weighted by atomic mass is 9.99. The molecule has 4 rings (SSSR count). The van der Waals surface area contributed by atoms with Gasteiger partial charge in [0.2, 0.25) is 5.91 Å². The highest BCUT2D eigenvalue weighted by Crippen LogP contribution is 2.35. The molecule has 3 aromatic rings. The number of rotatable bonds is 4. The molecular weight excluding hydrogens is 393 g/mol. The van der Waals surface area contributed by atoms with Crippen molar-refractivity contribution in [2.24, 2.45) is 0 Å². The minimum atomic E-state index is -2.89. The van der Waals surface area contributed by atoms with Crippen molar-refractivity contribution in [1.82, 2.24) is 9.97 Å². The Morgan fingerprint density at radius 3 is 2.60 bits per heavy atom. The van der Waals surface area contributed by atoms with Gasteiger partial charge in [0, 0.05) is 30.1 Å². The van der Waals surface area contributed by atoms with Crippen molar-refractivity contribution >= 4 is 28.3 Å². The van der Waals surface area contributed by atoms with E-state index in [4.69, 9.17) is 0 Å². The quantitative estimate of drug-likeness (QED) is 0.646. The van der Waals surface area contributed by atoms with Gasteiger partial charge < -0.3 is 10.2 Å². The number of fused-ring (bicyclic) bond motifs is 2. The number of nitrogens with zero attached hydrogens (tertiary/aromatic N) is 3. The molecule has 1 aliphatic rings. The number of benzene rings is 2.